The van der Waals surface area contributed by atoms with E-state index < -0.39 is 11.7 Å². The first kappa shape index (κ1) is 16.0. The van der Waals surface area contributed by atoms with E-state index in [2.05, 4.69) is 22.1 Å². The van der Waals surface area contributed by atoms with E-state index in [9.17, 15) is 13.6 Å². The van der Waals surface area contributed by atoms with Gasteiger partial charge in [0.2, 0.25) is 0 Å². The fourth-order valence-electron chi connectivity index (χ4n) is 1.63. The Hall–Kier alpha value is -2.39. The summed E-state index contributed by atoms with van der Waals surface area (Å²) in [5.41, 5.74) is 0.960. The molecule has 0 atom stereocenters. The number of benzene rings is 1. The van der Waals surface area contributed by atoms with E-state index in [-0.39, 0.29) is 28.9 Å². The molecule has 0 fully saturated rings. The second kappa shape index (κ2) is 8.15. The molecule has 0 saturated heterocycles. The van der Waals surface area contributed by atoms with E-state index in [1.165, 1.54) is 18.3 Å². The monoisotopic (exact) mass is 318 g/mol. The summed E-state index contributed by atoms with van der Waals surface area (Å²) in [5, 5.41) is 2.58. The smallest absolute Gasteiger partial charge is 0.290 e. The van der Waals surface area contributed by atoms with Crippen molar-refractivity contribution in [3.63, 3.8) is 0 Å². The van der Waals surface area contributed by atoms with Crippen LogP contribution in [0.3, 0.4) is 0 Å². The Morgan fingerprint density at radius 1 is 1.23 bits per heavy atom. The van der Waals surface area contributed by atoms with Gasteiger partial charge in [-0.25, -0.2) is 4.98 Å². The summed E-state index contributed by atoms with van der Waals surface area (Å²) in [5.74, 6) is 2.60. The van der Waals surface area contributed by atoms with Gasteiger partial charge in [0.1, 0.15) is 5.03 Å². The van der Waals surface area contributed by atoms with Crippen molar-refractivity contribution in [1.82, 2.24) is 10.3 Å². The predicted octanol–water partition coefficient (Wildman–Crippen LogP) is 3.18. The molecule has 0 radical (unpaired) electrons. The lowest BCUT2D eigenvalue weighted by atomic mass is 10.2. The fourth-order valence-corrected chi connectivity index (χ4v) is 2.21. The summed E-state index contributed by atoms with van der Waals surface area (Å²) in [6, 6.07) is 12.3. The van der Waals surface area contributed by atoms with Gasteiger partial charge in [-0.1, -0.05) is 30.0 Å². The van der Waals surface area contributed by atoms with Gasteiger partial charge < -0.3 is 5.32 Å². The normalized spacial score (nSPS) is 9.95. The van der Waals surface area contributed by atoms with Crippen LogP contribution in [0.15, 0.2) is 53.7 Å². The van der Waals surface area contributed by atoms with Gasteiger partial charge in [-0.05, 0) is 36.0 Å². The largest absolute Gasteiger partial charge is 0.341 e. The molecule has 0 aliphatic carbocycles. The first-order valence-corrected chi connectivity index (χ1v) is 7.26. The number of halogens is 2. The molecule has 1 aromatic heterocycles. The number of amides is 1. The van der Waals surface area contributed by atoms with Crippen LogP contribution >= 0.6 is 11.8 Å². The topological polar surface area (TPSA) is 42.0 Å². The number of nitrogens with zero attached hydrogens (tertiary/aromatic N) is 1. The standard InChI is InChI=1S/C16H12F2N2OS/c17-16(18)22-15-13(9-5-11-20-15)14(21)19-10-4-8-12-6-2-1-3-7-12/h1-3,5-7,9,11,16H,10H2,(H,19,21). The SMILES string of the molecule is O=C(NCC#Cc1ccccc1)c1cccnc1SC(F)F. The highest BCUT2D eigenvalue weighted by Crippen LogP contribution is 2.26. The fraction of sp³-hybridized carbons (Fsp3) is 0.125. The van der Waals surface area contributed by atoms with Gasteiger partial charge in [-0.15, -0.1) is 0 Å². The molecule has 112 valence electrons. The van der Waals surface area contributed by atoms with Crippen LogP contribution < -0.4 is 5.32 Å². The molecule has 1 N–H and O–H groups in total. The molecule has 0 aliphatic heterocycles. The molecule has 0 aliphatic rings. The van der Waals surface area contributed by atoms with Crippen molar-refractivity contribution in [2.24, 2.45) is 0 Å². The first-order chi connectivity index (χ1) is 10.7. The zero-order valence-electron chi connectivity index (χ0n) is 11.4. The average molecular weight is 318 g/mol. The molecule has 22 heavy (non-hydrogen) atoms. The minimum Gasteiger partial charge on any atom is -0.341 e. The lowest BCUT2D eigenvalue weighted by Crippen LogP contribution is -2.24. The average Bonchev–Trinajstić information content (AvgIpc) is 2.52. The highest BCUT2D eigenvalue weighted by Gasteiger charge is 2.15. The third-order valence-electron chi connectivity index (χ3n) is 2.56. The molecule has 1 aromatic carbocycles. The van der Waals surface area contributed by atoms with Crippen molar-refractivity contribution in [2.75, 3.05) is 6.54 Å². The number of carbonyl (C=O) groups is 1. The van der Waals surface area contributed by atoms with Crippen LogP contribution in [0.1, 0.15) is 15.9 Å². The van der Waals surface area contributed by atoms with E-state index in [0.717, 1.165) is 5.56 Å². The van der Waals surface area contributed by atoms with Crippen molar-refractivity contribution in [1.29, 1.82) is 0 Å². The number of hydrogen-bond donors (Lipinski definition) is 1. The number of thioether (sulfide) groups is 1. The molecule has 3 nitrogen and oxygen atoms in total. The highest BCUT2D eigenvalue weighted by molar-refractivity contribution is 7.99. The van der Waals surface area contributed by atoms with Crippen molar-refractivity contribution < 1.29 is 13.6 Å². The Labute approximate surface area is 131 Å². The molecule has 6 heteroatoms. The molecule has 0 unspecified atom stereocenters. The molecule has 2 rings (SSSR count). The number of aromatic nitrogens is 1. The third-order valence-corrected chi connectivity index (χ3v) is 3.29. The predicted molar refractivity (Wildman–Crippen MR) is 81.8 cm³/mol. The van der Waals surface area contributed by atoms with Crippen LogP contribution in [-0.2, 0) is 0 Å². The molecular weight excluding hydrogens is 306 g/mol. The van der Waals surface area contributed by atoms with Gasteiger partial charge >= 0.3 is 0 Å². The van der Waals surface area contributed by atoms with Crippen molar-refractivity contribution in [2.45, 2.75) is 10.8 Å². The maximum atomic E-state index is 12.4. The zero-order chi connectivity index (χ0) is 15.8. The Kier molecular flexibility index (Phi) is 5.92. The van der Waals surface area contributed by atoms with Gasteiger partial charge in [0.05, 0.1) is 12.1 Å². The summed E-state index contributed by atoms with van der Waals surface area (Å²) in [6.45, 7) is 0.126. The second-order valence-electron chi connectivity index (χ2n) is 4.09. The maximum absolute atomic E-state index is 12.4. The number of hydrogen-bond acceptors (Lipinski definition) is 3. The van der Waals surface area contributed by atoms with E-state index in [0.29, 0.717) is 0 Å². The summed E-state index contributed by atoms with van der Waals surface area (Å²) < 4.78 is 24.9. The minimum atomic E-state index is -2.63. The zero-order valence-corrected chi connectivity index (χ0v) is 12.2. The molecule has 2 aromatic rings. The van der Waals surface area contributed by atoms with Crippen molar-refractivity contribution in [3.8, 4) is 11.8 Å². The van der Waals surface area contributed by atoms with Gasteiger partial charge in [-0.2, -0.15) is 8.78 Å². The molecule has 0 bridgehead atoms. The van der Waals surface area contributed by atoms with Crippen LogP contribution in [0.2, 0.25) is 0 Å². The minimum absolute atomic E-state index is 0.00557. The third kappa shape index (κ3) is 4.86. The van der Waals surface area contributed by atoms with Crippen LogP contribution in [0, 0.1) is 11.8 Å². The molecule has 1 heterocycles. The molecular formula is C16H12F2N2OS. The van der Waals surface area contributed by atoms with Gasteiger partial charge in [0.15, 0.2) is 0 Å². The first-order valence-electron chi connectivity index (χ1n) is 6.39. The van der Waals surface area contributed by atoms with Crippen molar-refractivity contribution >= 4 is 17.7 Å². The number of alkyl halides is 2. The van der Waals surface area contributed by atoms with Gasteiger partial charge in [-0.3, -0.25) is 4.79 Å². The lowest BCUT2D eigenvalue weighted by Gasteiger charge is -2.06. The quantitative estimate of drug-likeness (QED) is 0.695. The van der Waals surface area contributed by atoms with Gasteiger partial charge in [0.25, 0.3) is 11.7 Å². The van der Waals surface area contributed by atoms with Crippen LogP contribution in [-0.4, -0.2) is 23.2 Å². The van der Waals surface area contributed by atoms with Crippen LogP contribution in [0.4, 0.5) is 8.78 Å². The second-order valence-corrected chi connectivity index (χ2v) is 5.06. The molecule has 0 saturated carbocycles. The summed E-state index contributed by atoms with van der Waals surface area (Å²) >= 11 is 0.248. The summed E-state index contributed by atoms with van der Waals surface area (Å²) in [6.07, 6.45) is 1.37. The Bertz CT molecular complexity index is 696. The number of rotatable bonds is 4. The summed E-state index contributed by atoms with van der Waals surface area (Å²) in [7, 11) is 0. The highest BCUT2D eigenvalue weighted by atomic mass is 32.2. The van der Waals surface area contributed by atoms with E-state index in [1.807, 2.05) is 30.3 Å². The maximum Gasteiger partial charge on any atom is 0.290 e. The molecule has 1 amide bonds. The van der Waals surface area contributed by atoms with E-state index in [4.69, 9.17) is 0 Å². The van der Waals surface area contributed by atoms with Gasteiger partial charge in [0, 0.05) is 11.8 Å². The summed E-state index contributed by atoms with van der Waals surface area (Å²) in [4.78, 5) is 15.8. The Morgan fingerprint density at radius 2 is 2.00 bits per heavy atom. The van der Waals surface area contributed by atoms with Crippen molar-refractivity contribution in [3.05, 3.63) is 59.8 Å². The number of carbonyl (C=O) groups excluding carboxylic acids is 1. The van der Waals surface area contributed by atoms with Crippen LogP contribution in [0.25, 0.3) is 0 Å². The Morgan fingerprint density at radius 3 is 2.73 bits per heavy atom. The molecule has 0 spiro atoms. The van der Waals surface area contributed by atoms with Crippen LogP contribution in [0.5, 0.6) is 0 Å². The van der Waals surface area contributed by atoms with E-state index >= 15 is 0 Å². The number of pyridine rings is 1. The number of nitrogens with one attached hydrogen (secondary N) is 1. The Balaban J connectivity index is 1.97. The lowest BCUT2D eigenvalue weighted by molar-refractivity contribution is 0.0955. The van der Waals surface area contributed by atoms with E-state index in [1.54, 1.807) is 0 Å².